The van der Waals surface area contributed by atoms with Gasteiger partial charge in [0.15, 0.2) is 0 Å². The monoisotopic (exact) mass is 277 g/mol. The Hall–Kier alpha value is -2.08. The maximum atomic E-state index is 11.9. The molecule has 1 atom stereocenters. The third-order valence-electron chi connectivity index (χ3n) is 3.38. The van der Waals surface area contributed by atoms with E-state index in [9.17, 15) is 14.7 Å². The van der Waals surface area contributed by atoms with Crippen molar-refractivity contribution < 1.29 is 14.7 Å². The maximum absolute atomic E-state index is 11.9. The molecule has 20 heavy (non-hydrogen) atoms. The van der Waals surface area contributed by atoms with Crippen LogP contribution in [0, 0.1) is 0 Å². The van der Waals surface area contributed by atoms with E-state index in [4.69, 9.17) is 5.73 Å². The predicted octanol–water partition coefficient (Wildman–Crippen LogP) is -0.0181. The van der Waals surface area contributed by atoms with Gasteiger partial charge in [-0.3, -0.25) is 9.59 Å². The van der Waals surface area contributed by atoms with E-state index in [-0.39, 0.29) is 18.4 Å². The van der Waals surface area contributed by atoms with Crippen molar-refractivity contribution in [2.45, 2.75) is 18.9 Å². The molecule has 1 saturated heterocycles. The molecule has 0 radical (unpaired) electrons. The van der Waals surface area contributed by atoms with Crippen molar-refractivity contribution in [2.75, 3.05) is 25.4 Å². The lowest BCUT2D eigenvalue weighted by Crippen LogP contribution is -2.40. The summed E-state index contributed by atoms with van der Waals surface area (Å²) in [6, 6.07) is 6.48. The molecule has 0 bridgehead atoms. The quantitative estimate of drug-likeness (QED) is 0.677. The first-order valence-corrected chi connectivity index (χ1v) is 6.51. The lowest BCUT2D eigenvalue weighted by atomic mass is 10.1. The van der Waals surface area contributed by atoms with Gasteiger partial charge in [0.25, 0.3) is 5.91 Å². The summed E-state index contributed by atoms with van der Waals surface area (Å²) in [4.78, 5) is 25.3. The topological polar surface area (TPSA) is 95.7 Å². The molecule has 1 heterocycles. The van der Waals surface area contributed by atoms with Crippen LogP contribution in [0.3, 0.4) is 0 Å². The van der Waals surface area contributed by atoms with Crippen LogP contribution in [0.2, 0.25) is 0 Å². The molecule has 2 rings (SSSR count). The zero-order chi connectivity index (χ0) is 14.8. The van der Waals surface area contributed by atoms with Gasteiger partial charge >= 0.3 is 0 Å². The number of likely N-dealkylation sites (tertiary alicyclic amines) is 1. The molecule has 4 N–H and O–H groups in total. The highest BCUT2D eigenvalue weighted by Gasteiger charge is 2.33. The minimum atomic E-state index is -0.823. The van der Waals surface area contributed by atoms with E-state index in [1.165, 1.54) is 0 Å². The van der Waals surface area contributed by atoms with Gasteiger partial charge in [-0.05, 0) is 37.6 Å². The number of nitrogens with two attached hydrogens (primary N) is 1. The van der Waals surface area contributed by atoms with Gasteiger partial charge < -0.3 is 21.1 Å². The van der Waals surface area contributed by atoms with E-state index in [0.717, 1.165) is 0 Å². The third-order valence-corrected chi connectivity index (χ3v) is 3.38. The van der Waals surface area contributed by atoms with Gasteiger partial charge in [-0.15, -0.1) is 0 Å². The minimum absolute atomic E-state index is 0.0701. The zero-order valence-corrected chi connectivity index (χ0v) is 11.4. The molecule has 0 spiro atoms. The van der Waals surface area contributed by atoms with Gasteiger partial charge in [-0.2, -0.15) is 0 Å². The van der Waals surface area contributed by atoms with Crippen molar-refractivity contribution >= 4 is 17.5 Å². The maximum Gasteiger partial charge on any atom is 0.251 e. The van der Waals surface area contributed by atoms with Crippen LogP contribution in [0.4, 0.5) is 5.69 Å². The molecule has 6 nitrogen and oxygen atoms in total. The molecule has 1 aromatic carbocycles. The number of aliphatic hydroxyl groups is 1. The smallest absolute Gasteiger partial charge is 0.251 e. The fourth-order valence-electron chi connectivity index (χ4n) is 2.16. The SMILES string of the molecule is CC1(O)CCN(C(=O)CNC(=O)c2ccc(N)cc2)C1. The number of nitrogen functional groups attached to an aromatic ring is 1. The molecule has 6 heteroatoms. The number of benzene rings is 1. The Morgan fingerprint density at radius 2 is 2.05 bits per heavy atom. The Morgan fingerprint density at radius 1 is 1.40 bits per heavy atom. The normalized spacial score (nSPS) is 21.8. The van der Waals surface area contributed by atoms with E-state index in [0.29, 0.717) is 30.8 Å². The van der Waals surface area contributed by atoms with Gasteiger partial charge in [-0.1, -0.05) is 0 Å². The lowest BCUT2D eigenvalue weighted by molar-refractivity contribution is -0.129. The van der Waals surface area contributed by atoms with E-state index >= 15 is 0 Å². The molecular weight excluding hydrogens is 258 g/mol. The largest absolute Gasteiger partial charge is 0.399 e. The first kappa shape index (κ1) is 14.3. The Bertz CT molecular complexity index is 511. The molecule has 1 aliphatic heterocycles. The second-order valence-electron chi connectivity index (χ2n) is 5.37. The standard InChI is InChI=1S/C14H19N3O3/c1-14(20)6-7-17(9-14)12(18)8-16-13(19)10-2-4-11(15)5-3-10/h2-5,20H,6-9,15H2,1H3,(H,16,19). The van der Waals surface area contributed by atoms with Crippen LogP contribution in [0.1, 0.15) is 23.7 Å². The van der Waals surface area contributed by atoms with E-state index < -0.39 is 5.60 Å². The minimum Gasteiger partial charge on any atom is -0.399 e. The van der Waals surface area contributed by atoms with Crippen molar-refractivity contribution in [3.63, 3.8) is 0 Å². The molecule has 108 valence electrons. The number of carbonyl (C=O) groups excluding carboxylic acids is 2. The van der Waals surface area contributed by atoms with Gasteiger partial charge in [0.05, 0.1) is 12.1 Å². The number of nitrogens with zero attached hydrogens (tertiary/aromatic N) is 1. The highest BCUT2D eigenvalue weighted by atomic mass is 16.3. The van der Waals surface area contributed by atoms with Crippen molar-refractivity contribution in [3.8, 4) is 0 Å². The summed E-state index contributed by atoms with van der Waals surface area (Å²) in [7, 11) is 0. The number of nitrogens with one attached hydrogen (secondary N) is 1. The number of β-amino-alcohol motifs (C(OH)–C–C–N with tert-alkyl or cyclic N) is 1. The lowest BCUT2D eigenvalue weighted by Gasteiger charge is -2.19. The fraction of sp³-hybridized carbons (Fsp3) is 0.429. The highest BCUT2D eigenvalue weighted by molar-refractivity contribution is 5.96. The van der Waals surface area contributed by atoms with Crippen LogP contribution in [0.25, 0.3) is 0 Å². The van der Waals surface area contributed by atoms with Gasteiger partial charge in [0.2, 0.25) is 5.91 Å². The summed E-state index contributed by atoms with van der Waals surface area (Å²) < 4.78 is 0. The van der Waals surface area contributed by atoms with Crippen LogP contribution >= 0.6 is 0 Å². The second kappa shape index (κ2) is 5.50. The van der Waals surface area contributed by atoms with Crippen molar-refractivity contribution in [1.82, 2.24) is 10.2 Å². The predicted molar refractivity (Wildman–Crippen MR) is 75.0 cm³/mol. The molecule has 1 fully saturated rings. The summed E-state index contributed by atoms with van der Waals surface area (Å²) in [5.41, 5.74) is 5.76. The highest BCUT2D eigenvalue weighted by Crippen LogP contribution is 2.19. The number of hydrogen-bond donors (Lipinski definition) is 3. The number of anilines is 1. The fourth-order valence-corrected chi connectivity index (χ4v) is 2.16. The summed E-state index contributed by atoms with van der Waals surface area (Å²) in [5, 5.41) is 12.4. The average Bonchev–Trinajstić information content (AvgIpc) is 2.77. The number of hydrogen-bond acceptors (Lipinski definition) is 4. The molecule has 1 unspecified atom stereocenters. The third kappa shape index (κ3) is 3.48. The van der Waals surface area contributed by atoms with Crippen LogP contribution in [-0.4, -0.2) is 47.1 Å². The van der Waals surface area contributed by atoms with Crippen molar-refractivity contribution in [1.29, 1.82) is 0 Å². The Labute approximate surface area is 117 Å². The summed E-state index contributed by atoms with van der Waals surface area (Å²) in [6.07, 6.45) is 0.560. The van der Waals surface area contributed by atoms with E-state index in [1.807, 2.05) is 0 Å². The molecule has 0 aromatic heterocycles. The molecule has 1 aromatic rings. The average molecular weight is 277 g/mol. The number of rotatable bonds is 3. The van der Waals surface area contributed by atoms with E-state index in [2.05, 4.69) is 5.32 Å². The van der Waals surface area contributed by atoms with E-state index in [1.54, 1.807) is 36.1 Å². The van der Waals surface area contributed by atoms with Crippen LogP contribution in [0.15, 0.2) is 24.3 Å². The van der Waals surface area contributed by atoms with Gasteiger partial charge in [0.1, 0.15) is 0 Å². The Morgan fingerprint density at radius 3 is 2.60 bits per heavy atom. The summed E-state index contributed by atoms with van der Waals surface area (Å²) in [6.45, 7) is 2.46. The molecular formula is C14H19N3O3. The Balaban J connectivity index is 1.84. The van der Waals surface area contributed by atoms with Crippen LogP contribution < -0.4 is 11.1 Å². The van der Waals surface area contributed by atoms with Crippen LogP contribution in [-0.2, 0) is 4.79 Å². The second-order valence-corrected chi connectivity index (χ2v) is 5.37. The summed E-state index contributed by atoms with van der Waals surface area (Å²) in [5.74, 6) is -0.504. The Kier molecular flexibility index (Phi) is 3.94. The van der Waals surface area contributed by atoms with Crippen molar-refractivity contribution in [3.05, 3.63) is 29.8 Å². The van der Waals surface area contributed by atoms with Gasteiger partial charge in [-0.25, -0.2) is 0 Å². The zero-order valence-electron chi connectivity index (χ0n) is 11.4. The molecule has 2 amide bonds. The van der Waals surface area contributed by atoms with Gasteiger partial charge in [0, 0.05) is 24.3 Å². The molecule has 0 aliphatic carbocycles. The number of carbonyl (C=O) groups is 2. The van der Waals surface area contributed by atoms with Crippen LogP contribution in [0.5, 0.6) is 0 Å². The van der Waals surface area contributed by atoms with Crippen molar-refractivity contribution in [2.24, 2.45) is 0 Å². The molecule has 1 aliphatic rings. The first-order valence-electron chi connectivity index (χ1n) is 6.51. The molecule has 0 saturated carbocycles. The number of amides is 2. The summed E-state index contributed by atoms with van der Waals surface area (Å²) >= 11 is 0. The first-order chi connectivity index (χ1) is 9.37.